The first kappa shape index (κ1) is 36.4. The number of thioether (sulfide) groups is 1. The number of benzene rings is 4. The fourth-order valence-electron chi connectivity index (χ4n) is 4.91. The number of methoxy groups -OCH3 is 2. The van der Waals surface area contributed by atoms with Gasteiger partial charge in [0.05, 0.1) is 26.6 Å². The lowest BCUT2D eigenvalue weighted by atomic mass is 10.0. The van der Waals surface area contributed by atoms with Crippen LogP contribution in [0.5, 0.6) is 11.5 Å². The van der Waals surface area contributed by atoms with Crippen LogP contribution in [0.1, 0.15) is 33.2 Å². The van der Waals surface area contributed by atoms with E-state index < -0.39 is 17.8 Å². The number of anilines is 2. The third kappa shape index (κ3) is 9.65. The molecule has 4 aromatic carbocycles. The standard InChI is InChI=1S/C39H35N3O7S2/c1-4-49-39(46)35-30(26-12-7-5-8-13-26)23-51-38(35)42-34(43)24-50-29-17-11-16-28(22-29)40-37(45)31(41-36(44)27-14-9-6-10-15-27)20-25-18-19-32(47-2)33(21-25)48-3/h5-23H,4,24H2,1-3H3,(H,40,45)(H,41,44)(H,42,43)/b31-20+. The van der Waals surface area contributed by atoms with E-state index in [1.165, 1.54) is 37.3 Å². The number of thiophene rings is 1. The molecule has 0 saturated heterocycles. The van der Waals surface area contributed by atoms with Crippen LogP contribution in [0.15, 0.2) is 119 Å². The van der Waals surface area contributed by atoms with Gasteiger partial charge in [0, 0.05) is 27.1 Å². The molecule has 260 valence electrons. The first-order chi connectivity index (χ1) is 24.8. The highest BCUT2D eigenvalue weighted by molar-refractivity contribution is 8.00. The minimum absolute atomic E-state index is 0.00303. The molecule has 3 amide bonds. The van der Waals surface area contributed by atoms with Crippen LogP contribution in [0, 0.1) is 0 Å². The van der Waals surface area contributed by atoms with E-state index in [4.69, 9.17) is 14.2 Å². The fraction of sp³-hybridized carbons (Fsp3) is 0.128. The van der Waals surface area contributed by atoms with Crippen LogP contribution in [-0.2, 0) is 14.3 Å². The van der Waals surface area contributed by atoms with Gasteiger partial charge in [-0.1, -0.05) is 60.7 Å². The van der Waals surface area contributed by atoms with Crippen LogP contribution >= 0.6 is 23.1 Å². The SMILES string of the molecule is CCOC(=O)c1c(-c2ccccc2)csc1NC(=O)CSc1cccc(NC(=O)/C(=C\c2ccc(OC)c(OC)c2)NC(=O)c2ccccc2)c1. The smallest absolute Gasteiger partial charge is 0.341 e. The first-order valence-electron chi connectivity index (χ1n) is 15.8. The number of hydrogen-bond acceptors (Lipinski definition) is 9. The number of esters is 1. The highest BCUT2D eigenvalue weighted by atomic mass is 32.2. The van der Waals surface area contributed by atoms with E-state index >= 15 is 0 Å². The van der Waals surface area contributed by atoms with Crippen LogP contribution in [0.25, 0.3) is 17.2 Å². The maximum absolute atomic E-state index is 13.6. The van der Waals surface area contributed by atoms with Gasteiger partial charge < -0.3 is 30.2 Å². The van der Waals surface area contributed by atoms with Crippen molar-refractivity contribution in [2.24, 2.45) is 0 Å². The van der Waals surface area contributed by atoms with E-state index in [0.717, 1.165) is 5.56 Å². The van der Waals surface area contributed by atoms with Crippen LogP contribution < -0.4 is 25.4 Å². The molecular formula is C39H35N3O7S2. The number of carbonyl (C=O) groups is 4. The molecule has 1 heterocycles. The largest absolute Gasteiger partial charge is 0.493 e. The monoisotopic (exact) mass is 721 g/mol. The molecule has 12 heteroatoms. The molecule has 3 N–H and O–H groups in total. The van der Waals surface area contributed by atoms with Gasteiger partial charge in [-0.15, -0.1) is 23.1 Å². The number of rotatable bonds is 14. The summed E-state index contributed by atoms with van der Waals surface area (Å²) >= 11 is 2.51. The molecule has 51 heavy (non-hydrogen) atoms. The zero-order valence-electron chi connectivity index (χ0n) is 28.1. The summed E-state index contributed by atoms with van der Waals surface area (Å²) in [5.74, 6) is -0.831. The molecule has 0 radical (unpaired) electrons. The van der Waals surface area contributed by atoms with Crippen molar-refractivity contribution >= 4 is 63.6 Å². The van der Waals surface area contributed by atoms with Gasteiger partial charge in [0.1, 0.15) is 16.3 Å². The van der Waals surface area contributed by atoms with Gasteiger partial charge in [0.2, 0.25) is 5.91 Å². The summed E-state index contributed by atoms with van der Waals surface area (Å²) in [7, 11) is 3.04. The van der Waals surface area contributed by atoms with Crippen molar-refractivity contribution < 1.29 is 33.4 Å². The fourth-order valence-corrected chi connectivity index (χ4v) is 6.64. The maximum Gasteiger partial charge on any atom is 0.341 e. The highest BCUT2D eigenvalue weighted by Gasteiger charge is 2.23. The molecule has 0 aliphatic carbocycles. The van der Waals surface area contributed by atoms with Crippen molar-refractivity contribution in [2.75, 3.05) is 37.2 Å². The Morgan fingerprint density at radius 1 is 0.804 bits per heavy atom. The molecule has 0 atom stereocenters. The second-order valence-corrected chi connectivity index (χ2v) is 12.7. The summed E-state index contributed by atoms with van der Waals surface area (Å²) < 4.78 is 16.0. The number of carbonyl (C=O) groups excluding carboxylic acids is 4. The molecule has 0 spiro atoms. The summed E-state index contributed by atoms with van der Waals surface area (Å²) in [5, 5.41) is 10.7. The quantitative estimate of drug-likeness (QED) is 0.0603. The Bertz CT molecular complexity index is 2050. The van der Waals surface area contributed by atoms with Crippen molar-refractivity contribution in [3.63, 3.8) is 0 Å². The van der Waals surface area contributed by atoms with Crippen molar-refractivity contribution in [2.45, 2.75) is 11.8 Å². The van der Waals surface area contributed by atoms with Gasteiger partial charge in [-0.3, -0.25) is 14.4 Å². The molecule has 10 nitrogen and oxygen atoms in total. The minimum Gasteiger partial charge on any atom is -0.493 e. The Morgan fingerprint density at radius 2 is 1.53 bits per heavy atom. The van der Waals surface area contributed by atoms with Gasteiger partial charge in [-0.05, 0) is 66.6 Å². The lowest BCUT2D eigenvalue weighted by molar-refractivity contribution is -0.114. The van der Waals surface area contributed by atoms with E-state index in [9.17, 15) is 19.2 Å². The second-order valence-electron chi connectivity index (χ2n) is 10.8. The van der Waals surface area contributed by atoms with Crippen LogP contribution in [-0.4, -0.2) is 50.3 Å². The molecule has 0 unspecified atom stereocenters. The van der Waals surface area contributed by atoms with Crippen molar-refractivity contribution in [3.8, 4) is 22.6 Å². The van der Waals surface area contributed by atoms with E-state index in [0.29, 0.717) is 49.3 Å². The molecule has 0 fully saturated rings. The Hall–Kier alpha value is -5.85. The summed E-state index contributed by atoms with van der Waals surface area (Å²) in [6.45, 7) is 1.93. The summed E-state index contributed by atoms with van der Waals surface area (Å²) in [6, 6.07) is 30.1. The highest BCUT2D eigenvalue weighted by Crippen LogP contribution is 2.36. The van der Waals surface area contributed by atoms with E-state index in [1.807, 2.05) is 41.8 Å². The molecule has 5 rings (SSSR count). The Morgan fingerprint density at radius 3 is 2.24 bits per heavy atom. The van der Waals surface area contributed by atoms with E-state index in [2.05, 4.69) is 16.0 Å². The molecule has 0 saturated carbocycles. The second kappa shape index (κ2) is 17.7. The third-order valence-electron chi connectivity index (χ3n) is 7.32. The maximum atomic E-state index is 13.6. The number of amides is 3. The predicted molar refractivity (Wildman–Crippen MR) is 202 cm³/mol. The average Bonchev–Trinajstić information content (AvgIpc) is 3.58. The Balaban J connectivity index is 1.29. The summed E-state index contributed by atoms with van der Waals surface area (Å²) in [6.07, 6.45) is 1.54. The topological polar surface area (TPSA) is 132 Å². The molecule has 0 aliphatic rings. The first-order valence-corrected chi connectivity index (χ1v) is 17.6. The van der Waals surface area contributed by atoms with Crippen molar-refractivity contribution in [1.29, 1.82) is 0 Å². The van der Waals surface area contributed by atoms with Gasteiger partial charge in [-0.25, -0.2) is 4.79 Å². The van der Waals surface area contributed by atoms with E-state index in [-0.39, 0.29) is 24.0 Å². The number of ether oxygens (including phenoxy) is 3. The molecule has 5 aromatic rings. The lowest BCUT2D eigenvalue weighted by Crippen LogP contribution is -2.30. The van der Waals surface area contributed by atoms with Crippen LogP contribution in [0.2, 0.25) is 0 Å². The predicted octanol–water partition coefficient (Wildman–Crippen LogP) is 7.75. The Labute approximate surface area is 303 Å². The van der Waals surface area contributed by atoms with Gasteiger partial charge in [0.15, 0.2) is 11.5 Å². The minimum atomic E-state index is -0.563. The third-order valence-corrected chi connectivity index (χ3v) is 9.21. The Kier molecular flexibility index (Phi) is 12.6. The normalized spacial score (nSPS) is 10.9. The summed E-state index contributed by atoms with van der Waals surface area (Å²) in [5.41, 5.74) is 3.26. The molecular weight excluding hydrogens is 687 g/mol. The zero-order chi connectivity index (χ0) is 36.2. The number of hydrogen-bond donors (Lipinski definition) is 3. The van der Waals surface area contributed by atoms with Gasteiger partial charge >= 0.3 is 5.97 Å². The van der Waals surface area contributed by atoms with Gasteiger partial charge in [0.25, 0.3) is 11.8 Å². The molecule has 0 aliphatic heterocycles. The molecule has 0 bridgehead atoms. The zero-order valence-corrected chi connectivity index (χ0v) is 29.7. The number of nitrogens with one attached hydrogen (secondary N) is 3. The lowest BCUT2D eigenvalue weighted by Gasteiger charge is -2.13. The van der Waals surface area contributed by atoms with E-state index in [1.54, 1.807) is 79.7 Å². The molecule has 1 aromatic heterocycles. The van der Waals surface area contributed by atoms with Crippen molar-refractivity contribution in [1.82, 2.24) is 5.32 Å². The average molecular weight is 722 g/mol. The summed E-state index contributed by atoms with van der Waals surface area (Å²) in [4.78, 5) is 53.4. The van der Waals surface area contributed by atoms with Crippen molar-refractivity contribution in [3.05, 3.63) is 131 Å². The van der Waals surface area contributed by atoms with Crippen LogP contribution in [0.4, 0.5) is 10.7 Å². The van der Waals surface area contributed by atoms with Gasteiger partial charge in [-0.2, -0.15) is 0 Å². The van der Waals surface area contributed by atoms with Crippen LogP contribution in [0.3, 0.4) is 0 Å².